The highest BCUT2D eigenvalue weighted by atomic mass is 32.2. The van der Waals surface area contributed by atoms with Crippen LogP contribution in [0.1, 0.15) is 47.2 Å². The first-order chi connectivity index (χ1) is 16.0. The zero-order chi connectivity index (χ0) is 26.4. The van der Waals surface area contributed by atoms with Crippen molar-refractivity contribution in [1.82, 2.24) is 0 Å². The molecule has 1 N–H and O–H groups in total. The molecule has 2 fully saturated rings. The molecule has 0 spiro atoms. The van der Waals surface area contributed by atoms with Gasteiger partial charge >= 0.3 is 23.9 Å². The molecule has 194 valence electrons. The zero-order valence-corrected chi connectivity index (χ0v) is 19.7. The fourth-order valence-electron chi connectivity index (χ4n) is 5.33. The van der Waals surface area contributed by atoms with Crippen LogP contribution in [0.5, 0.6) is 0 Å². The van der Waals surface area contributed by atoms with Gasteiger partial charge in [0.25, 0.3) is 10.1 Å². The van der Waals surface area contributed by atoms with Gasteiger partial charge in [-0.25, -0.2) is 4.79 Å². The first-order valence-electron chi connectivity index (χ1n) is 11.1. The predicted molar refractivity (Wildman–Crippen MR) is 117 cm³/mol. The highest BCUT2D eigenvalue weighted by molar-refractivity contribution is 7.85. The summed E-state index contributed by atoms with van der Waals surface area (Å²) in [6, 6.07) is 3.59. The van der Waals surface area contributed by atoms with Gasteiger partial charge < -0.3 is 4.74 Å². The van der Waals surface area contributed by atoms with Gasteiger partial charge in [0.05, 0.1) is 5.56 Å². The first kappa shape index (κ1) is 27.6. The molecule has 1 aromatic carbocycles. The minimum absolute atomic E-state index is 0.270. The molecule has 2 aliphatic rings. The lowest BCUT2D eigenvalue weighted by Crippen LogP contribution is -2.63. The van der Waals surface area contributed by atoms with Crippen LogP contribution in [0.25, 0.3) is 0 Å². The minimum Gasteiger partial charge on any atom is -0.435 e. The standard InChI is InChI=1S/C22H25BF6O5S/c1-12(18-8-13-2-3-14(18)7-13)6-17-9-15(4-5-16(17)10-23)19(30)34-20(21(24,25)26,22(27,28)29)11-35(31,32)33/h4-5,9,13-14,18H,1-3,6-8,10-11,23H2,(H,31,32,33). The Morgan fingerprint density at radius 1 is 1.09 bits per heavy atom. The van der Waals surface area contributed by atoms with Crippen molar-refractivity contribution in [3.63, 3.8) is 0 Å². The molecular weight excluding hydrogens is 501 g/mol. The SMILES string of the molecule is BCc1ccc(C(=O)OC(CS(=O)(=O)O)(C(F)(F)F)C(F)(F)F)cc1CC(=C)C1CC2CCC1C2. The monoisotopic (exact) mass is 526 g/mol. The van der Waals surface area contributed by atoms with Crippen molar-refractivity contribution >= 4 is 23.9 Å². The number of ether oxygens (including phenoxy) is 1. The van der Waals surface area contributed by atoms with Crippen LogP contribution in [0.4, 0.5) is 26.3 Å². The molecule has 0 aromatic heterocycles. The lowest BCUT2D eigenvalue weighted by Gasteiger charge is -2.35. The van der Waals surface area contributed by atoms with Crippen LogP contribution in [0.3, 0.4) is 0 Å². The van der Waals surface area contributed by atoms with E-state index in [1.807, 2.05) is 7.85 Å². The molecule has 0 radical (unpaired) electrons. The number of carbonyl (C=O) groups is 1. The molecule has 3 rings (SSSR count). The second-order valence-electron chi connectivity index (χ2n) is 9.39. The largest absolute Gasteiger partial charge is 0.438 e. The topological polar surface area (TPSA) is 80.7 Å². The molecule has 0 amide bonds. The van der Waals surface area contributed by atoms with Crippen molar-refractivity contribution in [2.75, 3.05) is 5.75 Å². The van der Waals surface area contributed by atoms with E-state index in [2.05, 4.69) is 11.3 Å². The normalized spacial score (nSPS) is 22.9. The molecule has 2 aliphatic carbocycles. The van der Waals surface area contributed by atoms with Crippen LogP contribution in [0, 0.1) is 17.8 Å². The van der Waals surface area contributed by atoms with Gasteiger partial charge in [0.1, 0.15) is 13.6 Å². The Kier molecular flexibility index (Phi) is 7.45. The van der Waals surface area contributed by atoms with Crippen molar-refractivity contribution in [2.24, 2.45) is 17.8 Å². The van der Waals surface area contributed by atoms with Gasteiger partial charge in [-0.05, 0) is 61.1 Å². The van der Waals surface area contributed by atoms with Gasteiger partial charge in [-0.3, -0.25) is 4.55 Å². The van der Waals surface area contributed by atoms with Crippen LogP contribution < -0.4 is 0 Å². The number of fused-ring (bicyclic) bond motifs is 2. The summed E-state index contributed by atoms with van der Waals surface area (Å²) in [7, 11) is -4.05. The summed E-state index contributed by atoms with van der Waals surface area (Å²) >= 11 is 0. The summed E-state index contributed by atoms with van der Waals surface area (Å²) in [5.41, 5.74) is -3.90. The van der Waals surface area contributed by atoms with E-state index in [1.165, 1.54) is 12.5 Å². The van der Waals surface area contributed by atoms with Gasteiger partial charge in [-0.2, -0.15) is 34.8 Å². The second-order valence-corrected chi connectivity index (χ2v) is 10.8. The van der Waals surface area contributed by atoms with Crippen LogP contribution >= 0.6 is 0 Å². The number of carbonyl (C=O) groups excluding carboxylic acids is 1. The van der Waals surface area contributed by atoms with E-state index in [9.17, 15) is 39.6 Å². The van der Waals surface area contributed by atoms with Crippen molar-refractivity contribution in [3.05, 3.63) is 47.0 Å². The predicted octanol–water partition coefficient (Wildman–Crippen LogP) is 4.26. The lowest BCUT2D eigenvalue weighted by molar-refractivity contribution is -0.356. The summed E-state index contributed by atoms with van der Waals surface area (Å²) in [4.78, 5) is 12.5. The van der Waals surface area contributed by atoms with Crippen molar-refractivity contribution in [3.8, 4) is 0 Å². The number of hydrogen-bond acceptors (Lipinski definition) is 4. The number of rotatable bonds is 8. The van der Waals surface area contributed by atoms with E-state index in [0.29, 0.717) is 30.1 Å². The molecule has 13 heteroatoms. The van der Waals surface area contributed by atoms with Gasteiger partial charge in [0, 0.05) is 0 Å². The minimum atomic E-state index is -6.38. The summed E-state index contributed by atoms with van der Waals surface area (Å²) in [6.07, 6.45) is -7.60. The maximum Gasteiger partial charge on any atom is 0.438 e. The Labute approximate surface area is 200 Å². The summed E-state index contributed by atoms with van der Waals surface area (Å²) < 4.78 is 116. The fraction of sp³-hybridized carbons (Fsp3) is 0.591. The molecule has 3 atom stereocenters. The van der Waals surface area contributed by atoms with E-state index >= 15 is 0 Å². The first-order valence-corrected chi connectivity index (χ1v) is 12.7. The number of allylic oxidation sites excluding steroid dienone is 1. The molecule has 0 aliphatic heterocycles. The maximum atomic E-state index is 13.5. The number of alkyl halides is 6. The average Bonchev–Trinajstić information content (AvgIpc) is 3.34. The van der Waals surface area contributed by atoms with Gasteiger partial charge in [-0.1, -0.05) is 36.5 Å². The van der Waals surface area contributed by atoms with Crippen LogP contribution in [-0.4, -0.2) is 50.5 Å². The van der Waals surface area contributed by atoms with Crippen molar-refractivity contribution in [1.29, 1.82) is 0 Å². The van der Waals surface area contributed by atoms with Gasteiger partial charge in [-0.15, -0.1) is 0 Å². The molecule has 2 saturated carbocycles. The van der Waals surface area contributed by atoms with Crippen LogP contribution in [0.15, 0.2) is 30.4 Å². The number of hydrogen-bond donors (Lipinski definition) is 1. The van der Waals surface area contributed by atoms with Gasteiger partial charge in [0.2, 0.25) is 0 Å². The van der Waals surface area contributed by atoms with E-state index < -0.39 is 45.4 Å². The molecule has 0 heterocycles. The quantitative estimate of drug-likeness (QED) is 0.180. The molecule has 35 heavy (non-hydrogen) atoms. The van der Waals surface area contributed by atoms with E-state index in [-0.39, 0.29) is 5.92 Å². The zero-order valence-electron chi connectivity index (χ0n) is 18.9. The highest BCUT2D eigenvalue weighted by Crippen LogP contribution is 2.51. The third-order valence-corrected chi connectivity index (χ3v) is 7.84. The third kappa shape index (κ3) is 5.71. The Morgan fingerprint density at radius 2 is 1.71 bits per heavy atom. The van der Waals surface area contributed by atoms with Crippen molar-refractivity contribution < 1.29 is 48.8 Å². The number of esters is 1. The molecule has 1 aromatic rings. The Balaban J connectivity index is 1.92. The van der Waals surface area contributed by atoms with E-state index in [4.69, 9.17) is 4.55 Å². The average molecular weight is 526 g/mol. The van der Waals surface area contributed by atoms with Gasteiger partial charge in [0.15, 0.2) is 0 Å². The Morgan fingerprint density at radius 3 is 2.17 bits per heavy atom. The molecule has 3 unspecified atom stereocenters. The number of halogens is 6. The second kappa shape index (κ2) is 9.46. The summed E-state index contributed by atoms with van der Waals surface area (Å²) in [6.45, 7) is 4.16. The summed E-state index contributed by atoms with van der Waals surface area (Å²) in [5.74, 6) is -3.52. The Hall–Kier alpha value is -2.02. The third-order valence-electron chi connectivity index (χ3n) is 7.07. The van der Waals surface area contributed by atoms with E-state index in [0.717, 1.165) is 42.5 Å². The van der Waals surface area contributed by atoms with Crippen molar-refractivity contribution in [2.45, 2.75) is 56.4 Å². The number of benzene rings is 1. The molecule has 0 saturated heterocycles. The van der Waals surface area contributed by atoms with Crippen LogP contribution in [-0.2, 0) is 27.6 Å². The van der Waals surface area contributed by atoms with E-state index in [1.54, 1.807) is 0 Å². The summed E-state index contributed by atoms with van der Waals surface area (Å²) in [5, 5.41) is 0. The molecule has 5 nitrogen and oxygen atoms in total. The lowest BCUT2D eigenvalue weighted by atomic mass is 9.80. The highest BCUT2D eigenvalue weighted by Gasteiger charge is 2.76. The smallest absolute Gasteiger partial charge is 0.435 e. The molecular formula is C22H25BF6O5S. The maximum absolute atomic E-state index is 13.5. The fourth-order valence-corrected chi connectivity index (χ4v) is 6.23. The Bertz CT molecular complexity index is 1080. The molecule has 2 bridgehead atoms. The van der Waals surface area contributed by atoms with Crippen LogP contribution in [0.2, 0.25) is 0 Å².